The van der Waals surface area contributed by atoms with Crippen LogP contribution < -0.4 is 0 Å². The van der Waals surface area contributed by atoms with E-state index < -0.39 is 0 Å². The molecule has 1 aromatic rings. The molecule has 0 bridgehead atoms. The normalized spacial score (nSPS) is 13.5. The summed E-state index contributed by atoms with van der Waals surface area (Å²) in [5.74, 6) is 0.685. The molecule has 0 nitrogen and oxygen atoms in total. The molecule has 0 radical (unpaired) electrons. The highest BCUT2D eigenvalue weighted by atomic mass is 14.0. The quantitative estimate of drug-likeness (QED) is 0.631. The second-order valence-corrected chi connectivity index (χ2v) is 3.16. The summed E-state index contributed by atoms with van der Waals surface area (Å²) in [6.07, 6.45) is 5.66. The fourth-order valence-corrected chi connectivity index (χ4v) is 0.976. The van der Waals surface area contributed by atoms with E-state index in [-0.39, 0.29) is 0 Å². The molecule has 0 saturated carbocycles. The van der Waals surface area contributed by atoms with Crippen molar-refractivity contribution in [2.24, 2.45) is 5.92 Å². The van der Waals surface area contributed by atoms with Gasteiger partial charge in [-0.05, 0) is 11.5 Å². The average molecular weight is 160 g/mol. The van der Waals surface area contributed by atoms with Crippen LogP contribution in [0.25, 0.3) is 6.08 Å². The Morgan fingerprint density at radius 3 is 2.50 bits per heavy atom. The van der Waals surface area contributed by atoms with Crippen LogP contribution in [0.3, 0.4) is 0 Å². The minimum absolute atomic E-state index is 0.685. The molecule has 0 aliphatic rings. The molecule has 0 amide bonds. The van der Waals surface area contributed by atoms with Crippen LogP contribution in [0.15, 0.2) is 36.4 Å². The SMILES string of the molecule is CC[C@@H](C)/C=C/c1ccccc1. The lowest BCUT2D eigenvalue weighted by atomic mass is 10.1. The van der Waals surface area contributed by atoms with Gasteiger partial charge < -0.3 is 0 Å². The lowest BCUT2D eigenvalue weighted by molar-refractivity contribution is 0.701. The fourth-order valence-electron chi connectivity index (χ4n) is 0.976. The molecule has 0 heterocycles. The Morgan fingerprint density at radius 1 is 1.25 bits per heavy atom. The summed E-state index contributed by atoms with van der Waals surface area (Å²) in [6, 6.07) is 10.4. The molecule has 1 aromatic carbocycles. The van der Waals surface area contributed by atoms with Crippen molar-refractivity contribution in [1.82, 2.24) is 0 Å². The zero-order chi connectivity index (χ0) is 8.81. The second kappa shape index (κ2) is 4.76. The van der Waals surface area contributed by atoms with Crippen LogP contribution in [-0.4, -0.2) is 0 Å². The van der Waals surface area contributed by atoms with E-state index in [9.17, 15) is 0 Å². The summed E-state index contributed by atoms with van der Waals surface area (Å²) in [6.45, 7) is 4.44. The van der Waals surface area contributed by atoms with E-state index in [2.05, 4.69) is 50.3 Å². The standard InChI is InChI=1S/C12H16/c1-3-11(2)9-10-12-7-5-4-6-8-12/h4-11H,3H2,1-2H3/b10-9+/t11-/m1/s1. The van der Waals surface area contributed by atoms with Gasteiger partial charge in [0.15, 0.2) is 0 Å². The van der Waals surface area contributed by atoms with Gasteiger partial charge >= 0.3 is 0 Å². The Hall–Kier alpha value is -1.04. The summed E-state index contributed by atoms with van der Waals surface area (Å²) >= 11 is 0. The molecule has 0 aliphatic heterocycles. The first-order valence-electron chi connectivity index (χ1n) is 4.56. The van der Waals surface area contributed by atoms with E-state index in [1.165, 1.54) is 12.0 Å². The van der Waals surface area contributed by atoms with Gasteiger partial charge in [0, 0.05) is 0 Å². The Bertz CT molecular complexity index is 233. The summed E-state index contributed by atoms with van der Waals surface area (Å²) < 4.78 is 0. The molecule has 0 unspecified atom stereocenters. The smallest absolute Gasteiger partial charge is 0.0260 e. The van der Waals surface area contributed by atoms with Gasteiger partial charge in [-0.2, -0.15) is 0 Å². The van der Waals surface area contributed by atoms with Gasteiger partial charge in [0.2, 0.25) is 0 Å². The van der Waals surface area contributed by atoms with Crippen molar-refractivity contribution in [3.8, 4) is 0 Å². The molecule has 64 valence electrons. The minimum atomic E-state index is 0.685. The molecule has 0 N–H and O–H groups in total. The molecule has 0 saturated heterocycles. The van der Waals surface area contributed by atoms with E-state index in [0.717, 1.165) is 0 Å². The van der Waals surface area contributed by atoms with Crippen LogP contribution in [0.5, 0.6) is 0 Å². The van der Waals surface area contributed by atoms with Crippen molar-refractivity contribution < 1.29 is 0 Å². The summed E-state index contributed by atoms with van der Waals surface area (Å²) in [5, 5.41) is 0. The van der Waals surface area contributed by atoms with E-state index in [4.69, 9.17) is 0 Å². The van der Waals surface area contributed by atoms with Crippen molar-refractivity contribution in [2.75, 3.05) is 0 Å². The molecule has 0 heteroatoms. The zero-order valence-electron chi connectivity index (χ0n) is 7.83. The molecule has 0 aromatic heterocycles. The maximum absolute atomic E-state index is 2.26. The number of hydrogen-bond donors (Lipinski definition) is 0. The van der Waals surface area contributed by atoms with Gasteiger partial charge in [0.25, 0.3) is 0 Å². The molecular formula is C12H16. The van der Waals surface area contributed by atoms with Crippen LogP contribution in [-0.2, 0) is 0 Å². The van der Waals surface area contributed by atoms with Crippen molar-refractivity contribution >= 4 is 6.08 Å². The van der Waals surface area contributed by atoms with Gasteiger partial charge in [0.05, 0.1) is 0 Å². The largest absolute Gasteiger partial charge is 0.0811 e. The third-order valence-electron chi connectivity index (χ3n) is 2.06. The van der Waals surface area contributed by atoms with Gasteiger partial charge in [0.1, 0.15) is 0 Å². The highest BCUT2D eigenvalue weighted by Gasteiger charge is 1.90. The van der Waals surface area contributed by atoms with Gasteiger partial charge in [-0.1, -0.05) is 62.8 Å². The number of allylic oxidation sites excluding steroid dienone is 1. The van der Waals surface area contributed by atoms with E-state index in [0.29, 0.717) is 5.92 Å². The Labute approximate surface area is 74.9 Å². The van der Waals surface area contributed by atoms with Crippen LogP contribution in [0, 0.1) is 5.92 Å². The van der Waals surface area contributed by atoms with Crippen LogP contribution in [0.2, 0.25) is 0 Å². The summed E-state index contributed by atoms with van der Waals surface area (Å²) in [4.78, 5) is 0. The lowest BCUT2D eigenvalue weighted by Gasteiger charge is -1.98. The molecule has 1 atom stereocenters. The fraction of sp³-hybridized carbons (Fsp3) is 0.333. The maximum Gasteiger partial charge on any atom is -0.0260 e. The van der Waals surface area contributed by atoms with Gasteiger partial charge in [-0.25, -0.2) is 0 Å². The number of rotatable bonds is 3. The Kier molecular flexibility index (Phi) is 3.59. The topological polar surface area (TPSA) is 0 Å². The van der Waals surface area contributed by atoms with Crippen molar-refractivity contribution in [3.05, 3.63) is 42.0 Å². The van der Waals surface area contributed by atoms with Crippen LogP contribution >= 0.6 is 0 Å². The van der Waals surface area contributed by atoms with Gasteiger partial charge in [-0.3, -0.25) is 0 Å². The van der Waals surface area contributed by atoms with E-state index in [1.54, 1.807) is 0 Å². The minimum Gasteiger partial charge on any atom is -0.0811 e. The predicted molar refractivity (Wildman–Crippen MR) is 54.9 cm³/mol. The summed E-state index contributed by atoms with van der Waals surface area (Å²) in [7, 11) is 0. The molecule has 0 fully saturated rings. The van der Waals surface area contributed by atoms with Crippen molar-refractivity contribution in [3.63, 3.8) is 0 Å². The second-order valence-electron chi connectivity index (χ2n) is 3.16. The van der Waals surface area contributed by atoms with Crippen molar-refractivity contribution in [2.45, 2.75) is 20.3 Å². The van der Waals surface area contributed by atoms with E-state index in [1.807, 2.05) is 6.07 Å². The van der Waals surface area contributed by atoms with Gasteiger partial charge in [-0.15, -0.1) is 0 Å². The molecule has 0 spiro atoms. The zero-order valence-corrected chi connectivity index (χ0v) is 7.83. The predicted octanol–water partition coefficient (Wildman–Crippen LogP) is 3.75. The van der Waals surface area contributed by atoms with Crippen LogP contribution in [0.4, 0.5) is 0 Å². The Morgan fingerprint density at radius 2 is 1.92 bits per heavy atom. The highest BCUT2D eigenvalue weighted by Crippen LogP contribution is 2.07. The third-order valence-corrected chi connectivity index (χ3v) is 2.06. The molecule has 12 heavy (non-hydrogen) atoms. The molecule has 1 rings (SSSR count). The first-order chi connectivity index (χ1) is 5.83. The molecule has 0 aliphatic carbocycles. The molecular weight excluding hydrogens is 144 g/mol. The number of benzene rings is 1. The van der Waals surface area contributed by atoms with Crippen molar-refractivity contribution in [1.29, 1.82) is 0 Å². The first kappa shape index (κ1) is 9.05. The highest BCUT2D eigenvalue weighted by molar-refractivity contribution is 5.48. The number of hydrogen-bond acceptors (Lipinski definition) is 0. The Balaban J connectivity index is 2.58. The monoisotopic (exact) mass is 160 g/mol. The van der Waals surface area contributed by atoms with Crippen LogP contribution in [0.1, 0.15) is 25.8 Å². The lowest BCUT2D eigenvalue weighted by Crippen LogP contribution is -1.83. The first-order valence-corrected chi connectivity index (χ1v) is 4.56. The third kappa shape index (κ3) is 2.91. The van der Waals surface area contributed by atoms with E-state index >= 15 is 0 Å². The average Bonchev–Trinajstić information content (AvgIpc) is 2.16. The maximum atomic E-state index is 2.26. The summed E-state index contributed by atoms with van der Waals surface area (Å²) in [5.41, 5.74) is 1.29.